The molecular weight excluding hydrogens is 192 g/mol. The summed E-state index contributed by atoms with van der Waals surface area (Å²) in [6, 6.07) is 0. The Labute approximate surface area is 91.0 Å². The molecule has 0 saturated carbocycles. The lowest BCUT2D eigenvalue weighted by molar-refractivity contribution is 0.0394. The molecule has 1 aliphatic rings. The van der Waals surface area contributed by atoms with E-state index in [0.717, 1.165) is 39.4 Å². The number of hydrogen-bond acceptors (Lipinski definition) is 3. The standard InChI is InChI=1S/C10H20N4O/c1-2-3-12-10(11)13-4-5-14-6-8-15-9-7-14/h2H,1,3-9H2,(H3,11,12,13). The van der Waals surface area contributed by atoms with E-state index in [1.807, 2.05) is 0 Å². The smallest absolute Gasteiger partial charge is 0.188 e. The molecule has 0 aliphatic carbocycles. The molecule has 0 unspecified atom stereocenters. The Kier molecular flexibility index (Phi) is 5.80. The van der Waals surface area contributed by atoms with Crippen molar-refractivity contribution in [3.05, 3.63) is 12.7 Å². The summed E-state index contributed by atoms with van der Waals surface area (Å²) in [7, 11) is 0. The maximum atomic E-state index is 5.62. The predicted molar refractivity (Wildman–Crippen MR) is 61.9 cm³/mol. The highest BCUT2D eigenvalue weighted by Gasteiger charge is 2.08. The van der Waals surface area contributed by atoms with Crippen molar-refractivity contribution >= 4 is 5.96 Å². The van der Waals surface area contributed by atoms with Gasteiger partial charge in [0.1, 0.15) is 0 Å². The van der Waals surface area contributed by atoms with Crippen molar-refractivity contribution in [2.75, 3.05) is 45.9 Å². The van der Waals surface area contributed by atoms with Gasteiger partial charge >= 0.3 is 0 Å². The molecule has 1 fully saturated rings. The molecule has 0 aromatic rings. The van der Waals surface area contributed by atoms with Crippen molar-refractivity contribution in [3.8, 4) is 0 Å². The molecule has 86 valence electrons. The molecule has 0 atom stereocenters. The van der Waals surface area contributed by atoms with Crippen LogP contribution in [0.1, 0.15) is 0 Å². The molecule has 3 N–H and O–H groups in total. The molecule has 1 heterocycles. The minimum atomic E-state index is 0.489. The fourth-order valence-corrected chi connectivity index (χ4v) is 1.37. The van der Waals surface area contributed by atoms with E-state index in [1.54, 1.807) is 6.08 Å². The van der Waals surface area contributed by atoms with Crippen molar-refractivity contribution in [1.29, 1.82) is 0 Å². The summed E-state index contributed by atoms with van der Waals surface area (Å²) < 4.78 is 5.25. The molecule has 1 rings (SSSR count). The number of guanidine groups is 1. The number of hydrogen-bond donors (Lipinski definition) is 2. The third-order valence-corrected chi connectivity index (χ3v) is 2.23. The Morgan fingerprint density at radius 2 is 2.27 bits per heavy atom. The summed E-state index contributed by atoms with van der Waals surface area (Å²) >= 11 is 0. The monoisotopic (exact) mass is 212 g/mol. The Morgan fingerprint density at radius 3 is 2.93 bits per heavy atom. The number of nitrogens with two attached hydrogens (primary N) is 1. The molecule has 0 amide bonds. The molecule has 0 spiro atoms. The van der Waals surface area contributed by atoms with Crippen LogP contribution in [0.5, 0.6) is 0 Å². The van der Waals surface area contributed by atoms with Crippen LogP contribution in [0.4, 0.5) is 0 Å². The number of rotatable bonds is 5. The van der Waals surface area contributed by atoms with Gasteiger partial charge in [0.25, 0.3) is 0 Å². The molecule has 5 heteroatoms. The zero-order valence-electron chi connectivity index (χ0n) is 9.11. The van der Waals surface area contributed by atoms with Gasteiger partial charge in [0.2, 0.25) is 0 Å². The van der Waals surface area contributed by atoms with Gasteiger partial charge in [-0.25, -0.2) is 0 Å². The van der Waals surface area contributed by atoms with E-state index in [9.17, 15) is 0 Å². The van der Waals surface area contributed by atoms with E-state index in [0.29, 0.717) is 12.5 Å². The summed E-state index contributed by atoms with van der Waals surface area (Å²) in [4.78, 5) is 6.54. The van der Waals surface area contributed by atoms with Crippen LogP contribution in [0, 0.1) is 0 Å². The molecule has 15 heavy (non-hydrogen) atoms. The highest BCUT2D eigenvalue weighted by molar-refractivity contribution is 5.77. The summed E-state index contributed by atoms with van der Waals surface area (Å²) in [6.07, 6.45) is 1.75. The van der Waals surface area contributed by atoms with E-state index in [4.69, 9.17) is 10.5 Å². The van der Waals surface area contributed by atoms with Crippen LogP contribution in [0.15, 0.2) is 17.6 Å². The lowest BCUT2D eigenvalue weighted by Crippen LogP contribution is -2.38. The fraction of sp³-hybridized carbons (Fsp3) is 0.700. The molecule has 5 nitrogen and oxygen atoms in total. The SMILES string of the molecule is C=CCNC(N)=NCCN1CCOCC1. The fourth-order valence-electron chi connectivity index (χ4n) is 1.37. The Balaban J connectivity index is 2.10. The van der Waals surface area contributed by atoms with Crippen LogP contribution < -0.4 is 11.1 Å². The lowest BCUT2D eigenvalue weighted by atomic mass is 10.4. The average Bonchev–Trinajstić information content (AvgIpc) is 2.28. The first-order valence-corrected chi connectivity index (χ1v) is 5.27. The van der Waals surface area contributed by atoms with Crippen LogP contribution in [0.2, 0.25) is 0 Å². The molecular formula is C10H20N4O. The van der Waals surface area contributed by atoms with Gasteiger partial charge in [-0.05, 0) is 0 Å². The maximum absolute atomic E-state index is 5.62. The molecule has 0 radical (unpaired) electrons. The third-order valence-electron chi connectivity index (χ3n) is 2.23. The molecule has 0 bridgehead atoms. The molecule has 0 aromatic heterocycles. The summed E-state index contributed by atoms with van der Waals surface area (Å²) in [5.74, 6) is 0.489. The first-order chi connectivity index (χ1) is 7.33. The van der Waals surface area contributed by atoms with Crippen LogP contribution >= 0.6 is 0 Å². The predicted octanol–water partition coefficient (Wildman–Crippen LogP) is -0.591. The van der Waals surface area contributed by atoms with Crippen LogP contribution in [0.25, 0.3) is 0 Å². The second-order valence-corrected chi connectivity index (χ2v) is 3.39. The van der Waals surface area contributed by atoms with Crippen LogP contribution in [-0.2, 0) is 4.74 Å². The van der Waals surface area contributed by atoms with Gasteiger partial charge in [0, 0.05) is 26.2 Å². The quantitative estimate of drug-likeness (QED) is 0.363. The number of nitrogens with zero attached hydrogens (tertiary/aromatic N) is 2. The summed E-state index contributed by atoms with van der Waals surface area (Å²) in [5.41, 5.74) is 5.62. The molecule has 0 aromatic carbocycles. The van der Waals surface area contributed by atoms with Crippen LogP contribution in [0.3, 0.4) is 0 Å². The van der Waals surface area contributed by atoms with Gasteiger partial charge in [-0.3, -0.25) is 9.89 Å². The zero-order chi connectivity index (χ0) is 10.9. The topological polar surface area (TPSA) is 62.9 Å². The highest BCUT2D eigenvalue weighted by Crippen LogP contribution is 1.95. The first-order valence-electron chi connectivity index (χ1n) is 5.27. The van der Waals surface area contributed by atoms with E-state index in [-0.39, 0.29) is 0 Å². The Hall–Kier alpha value is -1.07. The number of aliphatic imine (C=N–C) groups is 1. The van der Waals surface area contributed by atoms with Crippen molar-refractivity contribution < 1.29 is 4.74 Å². The van der Waals surface area contributed by atoms with Crippen molar-refractivity contribution in [2.45, 2.75) is 0 Å². The summed E-state index contributed by atoms with van der Waals surface area (Å²) in [6.45, 7) is 9.57. The zero-order valence-corrected chi connectivity index (χ0v) is 9.11. The van der Waals surface area contributed by atoms with Gasteiger partial charge in [-0.1, -0.05) is 6.08 Å². The van der Waals surface area contributed by atoms with Crippen molar-refractivity contribution in [1.82, 2.24) is 10.2 Å². The van der Waals surface area contributed by atoms with E-state index < -0.39 is 0 Å². The van der Waals surface area contributed by atoms with E-state index in [2.05, 4.69) is 21.8 Å². The minimum Gasteiger partial charge on any atom is -0.379 e. The van der Waals surface area contributed by atoms with Gasteiger partial charge in [-0.2, -0.15) is 0 Å². The van der Waals surface area contributed by atoms with Gasteiger partial charge in [-0.15, -0.1) is 6.58 Å². The molecule has 1 saturated heterocycles. The normalized spacial score (nSPS) is 18.8. The minimum absolute atomic E-state index is 0.489. The lowest BCUT2D eigenvalue weighted by Gasteiger charge is -2.25. The highest BCUT2D eigenvalue weighted by atomic mass is 16.5. The molecule has 1 aliphatic heterocycles. The van der Waals surface area contributed by atoms with Crippen LogP contribution in [-0.4, -0.2) is 56.8 Å². The Morgan fingerprint density at radius 1 is 1.53 bits per heavy atom. The third kappa shape index (κ3) is 5.39. The largest absolute Gasteiger partial charge is 0.379 e. The number of nitrogens with one attached hydrogen (secondary N) is 1. The average molecular weight is 212 g/mol. The summed E-state index contributed by atoms with van der Waals surface area (Å²) in [5, 5.41) is 2.94. The van der Waals surface area contributed by atoms with Crippen molar-refractivity contribution in [2.24, 2.45) is 10.7 Å². The van der Waals surface area contributed by atoms with Gasteiger partial charge < -0.3 is 15.8 Å². The first kappa shape index (κ1) is 12.0. The maximum Gasteiger partial charge on any atom is 0.188 e. The van der Waals surface area contributed by atoms with Gasteiger partial charge in [0.15, 0.2) is 5.96 Å². The van der Waals surface area contributed by atoms with Crippen molar-refractivity contribution in [3.63, 3.8) is 0 Å². The Bertz CT molecular complexity index is 211. The van der Waals surface area contributed by atoms with Gasteiger partial charge in [0.05, 0.1) is 19.8 Å². The number of morpholine rings is 1. The second kappa shape index (κ2) is 7.25. The number of ether oxygens (including phenoxy) is 1. The van der Waals surface area contributed by atoms with E-state index in [1.165, 1.54) is 0 Å². The van der Waals surface area contributed by atoms with E-state index >= 15 is 0 Å². The second-order valence-electron chi connectivity index (χ2n) is 3.39.